The molecule has 0 fully saturated rings. The molecule has 1 atom stereocenters. The lowest BCUT2D eigenvalue weighted by molar-refractivity contribution is -0.121. The van der Waals surface area contributed by atoms with E-state index in [0.717, 1.165) is 23.6 Å². The summed E-state index contributed by atoms with van der Waals surface area (Å²) in [6, 6.07) is 12.7. The highest BCUT2D eigenvalue weighted by atomic mass is 32.2. The number of hydrogen-bond donors (Lipinski definition) is 1. The van der Waals surface area contributed by atoms with Crippen LogP contribution in [0.3, 0.4) is 0 Å². The zero-order chi connectivity index (χ0) is 18.4. The van der Waals surface area contributed by atoms with E-state index in [4.69, 9.17) is 0 Å². The molecule has 0 unspecified atom stereocenters. The van der Waals surface area contributed by atoms with Gasteiger partial charge in [0.25, 0.3) is 0 Å². The maximum absolute atomic E-state index is 12.9. The Kier molecular flexibility index (Phi) is 6.56. The Morgan fingerprint density at radius 1 is 1.12 bits per heavy atom. The van der Waals surface area contributed by atoms with E-state index in [1.165, 1.54) is 4.31 Å². The van der Waals surface area contributed by atoms with Gasteiger partial charge in [-0.05, 0) is 36.2 Å². The predicted octanol–water partition coefficient (Wildman–Crippen LogP) is 3.16. The van der Waals surface area contributed by atoms with Crippen molar-refractivity contribution in [2.45, 2.75) is 44.6 Å². The van der Waals surface area contributed by atoms with Crippen LogP contribution >= 0.6 is 0 Å². The number of carbonyl (C=O) groups is 1. The average Bonchev–Trinajstić information content (AvgIpc) is 2.59. The number of hydrogen-bond acceptors (Lipinski definition) is 3. The predicted molar refractivity (Wildman–Crippen MR) is 101 cm³/mol. The van der Waals surface area contributed by atoms with Crippen molar-refractivity contribution in [3.63, 3.8) is 0 Å². The first-order valence-electron chi connectivity index (χ1n) is 8.66. The first kappa shape index (κ1) is 19.4. The molecule has 136 valence electrons. The molecule has 0 spiro atoms. The molecule has 0 saturated heterocycles. The number of sulfonamides is 1. The Hall–Kier alpha value is -1.92. The molecule has 0 aliphatic carbocycles. The summed E-state index contributed by atoms with van der Waals surface area (Å²) in [5, 5.41) is 4.70. The molecule has 2 aromatic carbocycles. The highest BCUT2D eigenvalue weighted by Crippen LogP contribution is 2.21. The number of benzene rings is 2. The standard InChI is InChI=1S/C19H26N2O3S/c1-4-8-15(3)20-19(22)14-21(5-2)25(23,24)18-12-11-16-9-6-7-10-17(16)13-18/h6-7,9-13,15H,4-5,8,14H2,1-3H3,(H,20,22)/t15-/m0/s1. The molecule has 5 nitrogen and oxygen atoms in total. The Balaban J connectivity index is 2.20. The topological polar surface area (TPSA) is 66.5 Å². The monoisotopic (exact) mass is 362 g/mol. The molecule has 1 amide bonds. The molecule has 0 saturated carbocycles. The first-order valence-corrected chi connectivity index (χ1v) is 10.1. The van der Waals surface area contributed by atoms with Crippen molar-refractivity contribution in [3.05, 3.63) is 42.5 Å². The summed E-state index contributed by atoms with van der Waals surface area (Å²) in [5.41, 5.74) is 0. The summed E-state index contributed by atoms with van der Waals surface area (Å²) in [4.78, 5) is 12.4. The lowest BCUT2D eigenvalue weighted by Gasteiger charge is -2.21. The van der Waals surface area contributed by atoms with Crippen LogP contribution < -0.4 is 5.32 Å². The lowest BCUT2D eigenvalue weighted by Crippen LogP contribution is -2.43. The van der Waals surface area contributed by atoms with Gasteiger partial charge < -0.3 is 5.32 Å². The van der Waals surface area contributed by atoms with Crippen LogP contribution in [0.15, 0.2) is 47.4 Å². The van der Waals surface area contributed by atoms with Crippen molar-refractivity contribution in [3.8, 4) is 0 Å². The van der Waals surface area contributed by atoms with Crippen molar-refractivity contribution in [2.75, 3.05) is 13.1 Å². The van der Waals surface area contributed by atoms with Gasteiger partial charge in [-0.2, -0.15) is 4.31 Å². The Bertz CT molecular complexity index is 833. The zero-order valence-corrected chi connectivity index (χ0v) is 15.8. The smallest absolute Gasteiger partial charge is 0.243 e. The van der Waals surface area contributed by atoms with Gasteiger partial charge in [-0.15, -0.1) is 0 Å². The molecule has 0 aliphatic rings. The third kappa shape index (κ3) is 4.80. The van der Waals surface area contributed by atoms with Gasteiger partial charge in [0.2, 0.25) is 15.9 Å². The second kappa shape index (κ2) is 8.45. The Morgan fingerprint density at radius 2 is 1.80 bits per heavy atom. The quantitative estimate of drug-likeness (QED) is 0.784. The molecule has 6 heteroatoms. The number of rotatable bonds is 8. The van der Waals surface area contributed by atoms with Crippen molar-refractivity contribution in [1.82, 2.24) is 9.62 Å². The maximum atomic E-state index is 12.9. The molecule has 25 heavy (non-hydrogen) atoms. The van der Waals surface area contributed by atoms with E-state index < -0.39 is 10.0 Å². The molecule has 0 radical (unpaired) electrons. The average molecular weight is 362 g/mol. The molecule has 1 N–H and O–H groups in total. The van der Waals surface area contributed by atoms with Gasteiger partial charge in [-0.25, -0.2) is 8.42 Å². The van der Waals surface area contributed by atoms with E-state index in [2.05, 4.69) is 5.32 Å². The van der Waals surface area contributed by atoms with Gasteiger partial charge in [0.05, 0.1) is 11.4 Å². The van der Waals surface area contributed by atoms with Crippen LogP contribution in [0.4, 0.5) is 0 Å². The third-order valence-corrected chi connectivity index (χ3v) is 6.08. The van der Waals surface area contributed by atoms with Gasteiger partial charge >= 0.3 is 0 Å². The zero-order valence-electron chi connectivity index (χ0n) is 15.0. The number of fused-ring (bicyclic) bond motifs is 1. The minimum Gasteiger partial charge on any atom is -0.353 e. The first-order chi connectivity index (χ1) is 11.9. The maximum Gasteiger partial charge on any atom is 0.243 e. The van der Waals surface area contributed by atoms with Gasteiger partial charge in [0.1, 0.15) is 0 Å². The van der Waals surface area contributed by atoms with Crippen LogP contribution in [0, 0.1) is 0 Å². The lowest BCUT2D eigenvalue weighted by atomic mass is 10.1. The number of nitrogens with zero attached hydrogens (tertiary/aromatic N) is 1. The van der Waals surface area contributed by atoms with Crippen LogP contribution in [0.5, 0.6) is 0 Å². The molecule has 0 heterocycles. The normalized spacial score (nSPS) is 13.1. The highest BCUT2D eigenvalue weighted by Gasteiger charge is 2.25. The van der Waals surface area contributed by atoms with E-state index in [1.807, 2.05) is 38.1 Å². The Morgan fingerprint density at radius 3 is 2.44 bits per heavy atom. The van der Waals surface area contributed by atoms with E-state index >= 15 is 0 Å². The van der Waals surface area contributed by atoms with Crippen molar-refractivity contribution >= 4 is 26.7 Å². The second-order valence-electron chi connectivity index (χ2n) is 6.20. The van der Waals surface area contributed by atoms with Crippen molar-refractivity contribution in [2.24, 2.45) is 0 Å². The van der Waals surface area contributed by atoms with Gasteiger partial charge in [-0.3, -0.25) is 4.79 Å². The molecule has 0 aromatic heterocycles. The van der Waals surface area contributed by atoms with E-state index in [1.54, 1.807) is 25.1 Å². The van der Waals surface area contributed by atoms with Gasteiger partial charge in [0.15, 0.2) is 0 Å². The van der Waals surface area contributed by atoms with E-state index in [0.29, 0.717) is 0 Å². The summed E-state index contributed by atoms with van der Waals surface area (Å²) < 4.78 is 27.0. The van der Waals surface area contributed by atoms with Crippen LogP contribution in [0.2, 0.25) is 0 Å². The third-order valence-electron chi connectivity index (χ3n) is 4.16. The van der Waals surface area contributed by atoms with Crippen molar-refractivity contribution in [1.29, 1.82) is 0 Å². The van der Waals surface area contributed by atoms with Gasteiger partial charge in [-0.1, -0.05) is 50.6 Å². The number of likely N-dealkylation sites (N-methyl/N-ethyl adjacent to an activating group) is 1. The molecular formula is C19H26N2O3S. The molecular weight excluding hydrogens is 336 g/mol. The van der Waals surface area contributed by atoms with Gasteiger partial charge in [0, 0.05) is 12.6 Å². The largest absolute Gasteiger partial charge is 0.353 e. The molecule has 0 aliphatic heterocycles. The minimum atomic E-state index is -3.71. The molecule has 0 bridgehead atoms. The van der Waals surface area contributed by atoms with Crippen LogP contribution in [-0.2, 0) is 14.8 Å². The number of nitrogens with one attached hydrogen (secondary N) is 1. The summed E-state index contributed by atoms with van der Waals surface area (Å²) >= 11 is 0. The number of carbonyl (C=O) groups excluding carboxylic acids is 1. The fourth-order valence-electron chi connectivity index (χ4n) is 2.83. The summed E-state index contributed by atoms with van der Waals surface area (Å²) in [6.07, 6.45) is 1.84. The summed E-state index contributed by atoms with van der Waals surface area (Å²) in [5.74, 6) is -0.271. The summed E-state index contributed by atoms with van der Waals surface area (Å²) in [7, 11) is -3.71. The van der Waals surface area contributed by atoms with Crippen molar-refractivity contribution < 1.29 is 13.2 Å². The SMILES string of the molecule is CCC[C@H](C)NC(=O)CN(CC)S(=O)(=O)c1ccc2ccccc2c1. The molecule has 2 aromatic rings. The minimum absolute atomic E-state index is 0.0413. The van der Waals surface area contributed by atoms with Crippen LogP contribution in [0.1, 0.15) is 33.6 Å². The van der Waals surface area contributed by atoms with Crippen LogP contribution in [-0.4, -0.2) is 37.8 Å². The second-order valence-corrected chi connectivity index (χ2v) is 8.14. The number of amides is 1. The Labute approximate surface area is 150 Å². The fraction of sp³-hybridized carbons (Fsp3) is 0.421. The summed E-state index contributed by atoms with van der Waals surface area (Å²) in [6.45, 7) is 5.78. The highest BCUT2D eigenvalue weighted by molar-refractivity contribution is 7.89. The van der Waals surface area contributed by atoms with E-state index in [-0.39, 0.29) is 29.9 Å². The molecule has 2 rings (SSSR count). The van der Waals surface area contributed by atoms with Crippen LogP contribution in [0.25, 0.3) is 10.8 Å². The fourth-order valence-corrected chi connectivity index (χ4v) is 4.27. The van der Waals surface area contributed by atoms with E-state index in [9.17, 15) is 13.2 Å².